The van der Waals surface area contributed by atoms with Crippen LogP contribution in [0.25, 0.3) is 11.4 Å². The molecule has 0 unspecified atom stereocenters. The lowest BCUT2D eigenvalue weighted by Crippen LogP contribution is -2.12. The highest BCUT2D eigenvalue weighted by molar-refractivity contribution is 7.98. The largest absolute Gasteiger partial charge is 0.361 e. The van der Waals surface area contributed by atoms with Crippen molar-refractivity contribution in [2.45, 2.75) is 36.6 Å². The number of hydrogen-bond acceptors (Lipinski definition) is 6. The van der Waals surface area contributed by atoms with Crippen molar-refractivity contribution in [3.8, 4) is 11.4 Å². The van der Waals surface area contributed by atoms with Gasteiger partial charge < -0.3 is 10.4 Å². The highest BCUT2D eigenvalue weighted by atomic mass is 32.2. The van der Waals surface area contributed by atoms with Crippen molar-refractivity contribution in [2.24, 2.45) is 0 Å². The van der Waals surface area contributed by atoms with Crippen molar-refractivity contribution in [1.29, 1.82) is 0 Å². The van der Waals surface area contributed by atoms with Gasteiger partial charge in [-0.05, 0) is 31.4 Å². The van der Waals surface area contributed by atoms with E-state index in [-0.39, 0.29) is 5.82 Å². The topological polar surface area (TPSA) is 82.8 Å². The summed E-state index contributed by atoms with van der Waals surface area (Å²) in [6.07, 6.45) is 4.27. The van der Waals surface area contributed by atoms with Crippen molar-refractivity contribution in [3.63, 3.8) is 0 Å². The minimum Gasteiger partial charge on any atom is -0.361 e. The lowest BCUT2D eigenvalue weighted by Gasteiger charge is -2.08. The van der Waals surface area contributed by atoms with Crippen LogP contribution in [0.3, 0.4) is 0 Å². The Bertz CT molecular complexity index is 875. The molecule has 124 valence electrons. The predicted octanol–water partition coefficient (Wildman–Crippen LogP) is 2.96. The second-order valence-corrected chi connectivity index (χ2v) is 6.63. The van der Waals surface area contributed by atoms with Gasteiger partial charge in [0.15, 0.2) is 5.82 Å². The summed E-state index contributed by atoms with van der Waals surface area (Å²) in [4.78, 5) is 0. The average Bonchev–Trinajstić information content (AvgIpc) is 3.17. The van der Waals surface area contributed by atoms with Gasteiger partial charge in [-0.15, -0.1) is 10.2 Å². The SMILES string of the molecule is Nn1c(SCc2noc3c2CCCC3)nnc1-c1ccccc1F. The Morgan fingerprint density at radius 3 is 2.92 bits per heavy atom. The maximum absolute atomic E-state index is 13.9. The van der Waals surface area contributed by atoms with Crippen LogP contribution < -0.4 is 5.84 Å². The first-order valence-corrected chi connectivity index (χ1v) is 8.77. The van der Waals surface area contributed by atoms with Crippen LogP contribution in [0.5, 0.6) is 0 Å². The average molecular weight is 345 g/mol. The van der Waals surface area contributed by atoms with Gasteiger partial charge in [0.25, 0.3) is 0 Å². The van der Waals surface area contributed by atoms with Crippen LogP contribution in [0.15, 0.2) is 33.9 Å². The van der Waals surface area contributed by atoms with Gasteiger partial charge in [-0.2, -0.15) is 0 Å². The quantitative estimate of drug-likeness (QED) is 0.578. The summed E-state index contributed by atoms with van der Waals surface area (Å²) in [6, 6.07) is 6.37. The van der Waals surface area contributed by atoms with Crippen LogP contribution >= 0.6 is 11.8 Å². The summed E-state index contributed by atoms with van der Waals surface area (Å²) in [7, 11) is 0. The monoisotopic (exact) mass is 345 g/mol. The van der Waals surface area contributed by atoms with E-state index in [1.807, 2.05) is 0 Å². The van der Waals surface area contributed by atoms with Crippen LogP contribution in [0, 0.1) is 5.82 Å². The smallest absolute Gasteiger partial charge is 0.210 e. The van der Waals surface area contributed by atoms with Crippen molar-refractivity contribution >= 4 is 11.8 Å². The summed E-state index contributed by atoms with van der Waals surface area (Å²) >= 11 is 1.42. The summed E-state index contributed by atoms with van der Waals surface area (Å²) < 4.78 is 20.6. The predicted molar refractivity (Wildman–Crippen MR) is 88.3 cm³/mol. The molecule has 0 atom stereocenters. The molecule has 24 heavy (non-hydrogen) atoms. The molecule has 2 heterocycles. The molecular formula is C16H16FN5OS. The number of hydrogen-bond donors (Lipinski definition) is 1. The Hall–Kier alpha value is -2.35. The van der Waals surface area contributed by atoms with Gasteiger partial charge in [0.05, 0.1) is 11.3 Å². The van der Waals surface area contributed by atoms with E-state index < -0.39 is 0 Å². The number of aryl methyl sites for hydroxylation is 1. The second kappa shape index (κ2) is 6.27. The zero-order chi connectivity index (χ0) is 16.5. The van der Waals surface area contributed by atoms with Gasteiger partial charge in [-0.3, -0.25) is 0 Å². The highest BCUT2D eigenvalue weighted by Crippen LogP contribution is 2.30. The van der Waals surface area contributed by atoms with Crippen LogP contribution in [0.1, 0.15) is 29.9 Å². The number of fused-ring (bicyclic) bond motifs is 1. The van der Waals surface area contributed by atoms with Gasteiger partial charge in [0, 0.05) is 17.7 Å². The molecule has 1 aliphatic rings. The van der Waals surface area contributed by atoms with Gasteiger partial charge in [-0.25, -0.2) is 9.07 Å². The van der Waals surface area contributed by atoms with E-state index >= 15 is 0 Å². The maximum Gasteiger partial charge on any atom is 0.210 e. The molecule has 0 aliphatic heterocycles. The Morgan fingerprint density at radius 1 is 1.21 bits per heavy atom. The van der Waals surface area contributed by atoms with Crippen LogP contribution in [0.4, 0.5) is 4.39 Å². The number of aromatic nitrogens is 4. The molecule has 1 aromatic carbocycles. The van der Waals surface area contributed by atoms with Crippen LogP contribution in [-0.4, -0.2) is 20.0 Å². The number of nitrogens with zero attached hydrogens (tertiary/aromatic N) is 4. The van der Waals surface area contributed by atoms with E-state index in [0.29, 0.717) is 22.3 Å². The third-order valence-corrected chi connectivity index (χ3v) is 5.10. The van der Waals surface area contributed by atoms with E-state index in [4.69, 9.17) is 10.4 Å². The highest BCUT2D eigenvalue weighted by Gasteiger charge is 2.21. The number of rotatable bonds is 4. The zero-order valence-corrected chi connectivity index (χ0v) is 13.7. The molecule has 4 rings (SSSR count). The van der Waals surface area contributed by atoms with E-state index in [1.165, 1.54) is 28.1 Å². The first-order chi connectivity index (χ1) is 11.7. The number of thioether (sulfide) groups is 1. The first-order valence-electron chi connectivity index (χ1n) is 7.78. The third-order valence-electron chi connectivity index (χ3n) is 4.15. The zero-order valence-electron chi connectivity index (χ0n) is 12.9. The summed E-state index contributed by atoms with van der Waals surface area (Å²) in [6.45, 7) is 0. The summed E-state index contributed by atoms with van der Waals surface area (Å²) in [5.41, 5.74) is 2.48. The van der Waals surface area contributed by atoms with Crippen molar-refractivity contribution in [3.05, 3.63) is 47.1 Å². The van der Waals surface area contributed by atoms with E-state index in [2.05, 4.69) is 15.4 Å². The molecule has 0 amide bonds. The molecule has 0 bridgehead atoms. The Balaban J connectivity index is 1.54. The van der Waals surface area contributed by atoms with Crippen molar-refractivity contribution < 1.29 is 8.91 Å². The van der Waals surface area contributed by atoms with Gasteiger partial charge in [0.1, 0.15) is 11.6 Å². The standard InChI is InChI=1S/C16H16FN5OS/c17-12-7-3-1-5-10(12)15-19-20-16(22(15)18)24-9-13-11-6-2-4-8-14(11)23-21-13/h1,3,5,7H,2,4,6,8-9,18H2. The van der Waals surface area contributed by atoms with Crippen LogP contribution in [0.2, 0.25) is 0 Å². The molecule has 0 saturated carbocycles. The number of halogens is 1. The normalized spacial score (nSPS) is 13.9. The summed E-state index contributed by atoms with van der Waals surface area (Å²) in [5, 5.41) is 12.8. The van der Waals surface area contributed by atoms with Crippen molar-refractivity contribution in [2.75, 3.05) is 5.84 Å². The molecule has 8 heteroatoms. The molecule has 2 N–H and O–H groups in total. The molecule has 3 aromatic rings. The maximum atomic E-state index is 13.9. The Labute approximate surface area is 142 Å². The fourth-order valence-electron chi connectivity index (χ4n) is 2.90. The molecule has 0 saturated heterocycles. The Kier molecular flexibility index (Phi) is 3.97. The minimum absolute atomic E-state index is 0.304. The fraction of sp³-hybridized carbons (Fsp3) is 0.312. The van der Waals surface area contributed by atoms with Gasteiger partial charge in [-0.1, -0.05) is 29.1 Å². The van der Waals surface area contributed by atoms with Gasteiger partial charge in [0.2, 0.25) is 5.16 Å². The minimum atomic E-state index is -0.376. The second-order valence-electron chi connectivity index (χ2n) is 5.68. The lowest BCUT2D eigenvalue weighted by atomic mass is 9.97. The number of benzene rings is 1. The molecule has 6 nitrogen and oxygen atoms in total. The van der Waals surface area contributed by atoms with E-state index in [9.17, 15) is 4.39 Å². The summed E-state index contributed by atoms with van der Waals surface area (Å²) in [5.74, 6) is 7.57. The molecule has 2 aromatic heterocycles. The molecule has 0 radical (unpaired) electrons. The van der Waals surface area contributed by atoms with Gasteiger partial charge >= 0.3 is 0 Å². The molecule has 1 aliphatic carbocycles. The van der Waals surface area contributed by atoms with E-state index in [0.717, 1.165) is 37.1 Å². The fourth-order valence-corrected chi connectivity index (χ4v) is 3.71. The Morgan fingerprint density at radius 2 is 2.04 bits per heavy atom. The molecule has 0 spiro atoms. The van der Waals surface area contributed by atoms with Crippen LogP contribution in [-0.2, 0) is 18.6 Å². The third kappa shape index (κ3) is 2.66. The van der Waals surface area contributed by atoms with E-state index in [1.54, 1.807) is 18.2 Å². The lowest BCUT2D eigenvalue weighted by molar-refractivity contribution is 0.369. The molecule has 0 fully saturated rings. The molecular weight excluding hydrogens is 329 g/mol. The number of nitrogen functional groups attached to an aromatic ring is 1. The first kappa shape index (κ1) is 15.2. The number of nitrogens with two attached hydrogens (primary N) is 1. The van der Waals surface area contributed by atoms with Crippen molar-refractivity contribution in [1.82, 2.24) is 20.0 Å².